The van der Waals surface area contributed by atoms with Gasteiger partial charge < -0.3 is 10.5 Å². The van der Waals surface area contributed by atoms with Crippen molar-refractivity contribution in [2.75, 3.05) is 46.4 Å². The van der Waals surface area contributed by atoms with Gasteiger partial charge in [-0.3, -0.25) is 9.80 Å². The van der Waals surface area contributed by atoms with E-state index in [1.807, 2.05) is 0 Å². The van der Waals surface area contributed by atoms with Crippen LogP contribution >= 0.6 is 12.2 Å². The molecule has 5 heteroatoms. The van der Waals surface area contributed by atoms with Crippen molar-refractivity contribution in [1.29, 1.82) is 0 Å². The van der Waals surface area contributed by atoms with Crippen LogP contribution in [0.15, 0.2) is 0 Å². The van der Waals surface area contributed by atoms with Gasteiger partial charge in [0.05, 0.1) is 17.6 Å². The smallest absolute Gasteiger partial charge is 0.0902 e. The molecule has 2 N–H and O–H groups in total. The third-order valence-electron chi connectivity index (χ3n) is 3.35. The maximum Gasteiger partial charge on any atom is 0.0902 e. The Morgan fingerprint density at radius 3 is 2.47 bits per heavy atom. The molecule has 1 fully saturated rings. The number of rotatable bonds is 7. The molecule has 1 aliphatic heterocycles. The molecule has 0 aliphatic carbocycles. The van der Waals surface area contributed by atoms with Crippen LogP contribution < -0.4 is 5.73 Å². The lowest BCUT2D eigenvalue weighted by Gasteiger charge is -2.38. The van der Waals surface area contributed by atoms with Crippen LogP contribution in [-0.4, -0.2) is 67.3 Å². The van der Waals surface area contributed by atoms with Crippen LogP contribution in [0.1, 0.15) is 19.8 Å². The molecule has 0 amide bonds. The van der Waals surface area contributed by atoms with Crippen LogP contribution in [0.2, 0.25) is 0 Å². The lowest BCUT2D eigenvalue weighted by molar-refractivity contribution is 0.0868. The summed E-state index contributed by atoms with van der Waals surface area (Å²) >= 11 is 5.17. The molecule has 1 aliphatic rings. The van der Waals surface area contributed by atoms with Crippen molar-refractivity contribution in [3.8, 4) is 0 Å². The minimum Gasteiger partial charge on any atom is -0.392 e. The Labute approximate surface area is 110 Å². The number of hydrogen-bond acceptors (Lipinski definition) is 4. The first-order valence-corrected chi connectivity index (χ1v) is 6.84. The summed E-state index contributed by atoms with van der Waals surface area (Å²) in [6, 6.07) is 0.291. The van der Waals surface area contributed by atoms with Crippen LogP contribution in [0.4, 0.5) is 0 Å². The third-order valence-corrected chi connectivity index (χ3v) is 3.62. The highest BCUT2D eigenvalue weighted by molar-refractivity contribution is 7.80. The van der Waals surface area contributed by atoms with Gasteiger partial charge in [0.1, 0.15) is 0 Å². The van der Waals surface area contributed by atoms with E-state index in [1.165, 1.54) is 0 Å². The molecule has 0 aromatic heterocycles. The van der Waals surface area contributed by atoms with Gasteiger partial charge in [0.2, 0.25) is 0 Å². The first kappa shape index (κ1) is 14.8. The van der Waals surface area contributed by atoms with Gasteiger partial charge in [-0.1, -0.05) is 25.6 Å². The average Bonchev–Trinajstić information content (AvgIpc) is 2.34. The van der Waals surface area contributed by atoms with Gasteiger partial charge in [0.25, 0.3) is 0 Å². The van der Waals surface area contributed by atoms with Gasteiger partial charge in [0, 0.05) is 39.8 Å². The number of nitrogens with two attached hydrogens (primary N) is 1. The Morgan fingerprint density at radius 1 is 1.35 bits per heavy atom. The predicted molar refractivity (Wildman–Crippen MR) is 75.4 cm³/mol. The summed E-state index contributed by atoms with van der Waals surface area (Å²) in [6.45, 7) is 8.32. The topological polar surface area (TPSA) is 41.7 Å². The second-order valence-electron chi connectivity index (χ2n) is 4.58. The molecule has 100 valence electrons. The molecule has 0 spiro atoms. The van der Waals surface area contributed by atoms with Crippen molar-refractivity contribution in [2.45, 2.75) is 25.8 Å². The number of hydrogen-bond donors (Lipinski definition) is 1. The van der Waals surface area contributed by atoms with Crippen LogP contribution in [0.3, 0.4) is 0 Å². The highest BCUT2D eigenvalue weighted by Gasteiger charge is 2.24. The second-order valence-corrected chi connectivity index (χ2v) is 5.05. The van der Waals surface area contributed by atoms with Crippen LogP contribution in [0, 0.1) is 0 Å². The van der Waals surface area contributed by atoms with Crippen molar-refractivity contribution in [3.63, 3.8) is 0 Å². The van der Waals surface area contributed by atoms with E-state index < -0.39 is 0 Å². The maximum absolute atomic E-state index is 5.82. The summed E-state index contributed by atoms with van der Waals surface area (Å²) < 4.78 is 5.10. The molecule has 0 radical (unpaired) electrons. The standard InChI is InChI=1S/C12H25N3OS/c1-3-4-11(12(13)17)15-7-5-14(6-8-15)9-10-16-2/h11H,3-10H2,1-2H3,(H2,13,17). The summed E-state index contributed by atoms with van der Waals surface area (Å²) in [6.07, 6.45) is 2.21. The van der Waals surface area contributed by atoms with Crippen LogP contribution in [0.25, 0.3) is 0 Å². The number of thiocarbonyl (C=S) groups is 1. The number of nitrogens with zero attached hydrogens (tertiary/aromatic N) is 2. The minimum absolute atomic E-state index is 0.291. The lowest BCUT2D eigenvalue weighted by Crippen LogP contribution is -2.54. The molecule has 0 aromatic carbocycles. The summed E-state index contributed by atoms with van der Waals surface area (Å²) in [5.74, 6) is 0. The number of methoxy groups -OCH3 is 1. The van der Waals surface area contributed by atoms with Crippen molar-refractivity contribution in [1.82, 2.24) is 9.80 Å². The summed E-state index contributed by atoms with van der Waals surface area (Å²) in [4.78, 5) is 5.51. The molecule has 4 nitrogen and oxygen atoms in total. The van der Waals surface area contributed by atoms with E-state index in [1.54, 1.807) is 7.11 Å². The van der Waals surface area contributed by atoms with Gasteiger partial charge >= 0.3 is 0 Å². The van der Waals surface area contributed by atoms with E-state index in [0.29, 0.717) is 11.0 Å². The molecular formula is C12H25N3OS. The molecule has 1 saturated heterocycles. The highest BCUT2D eigenvalue weighted by atomic mass is 32.1. The van der Waals surface area contributed by atoms with Crippen molar-refractivity contribution < 1.29 is 4.74 Å². The summed E-state index contributed by atoms with van der Waals surface area (Å²) in [5.41, 5.74) is 5.82. The van der Waals surface area contributed by atoms with Gasteiger partial charge in [-0.25, -0.2) is 0 Å². The van der Waals surface area contributed by atoms with Crippen LogP contribution in [-0.2, 0) is 4.74 Å². The van der Waals surface area contributed by atoms with Gasteiger partial charge in [-0.05, 0) is 6.42 Å². The Kier molecular flexibility index (Phi) is 6.96. The predicted octanol–water partition coefficient (Wildman–Crippen LogP) is 0.705. The monoisotopic (exact) mass is 259 g/mol. The third kappa shape index (κ3) is 4.87. The molecule has 1 atom stereocenters. The Hall–Kier alpha value is -0.230. The average molecular weight is 259 g/mol. The van der Waals surface area contributed by atoms with E-state index in [4.69, 9.17) is 22.7 Å². The van der Waals surface area contributed by atoms with E-state index in [9.17, 15) is 0 Å². The van der Waals surface area contributed by atoms with Gasteiger partial charge in [-0.15, -0.1) is 0 Å². The van der Waals surface area contributed by atoms with Crippen molar-refractivity contribution >= 4 is 17.2 Å². The molecule has 17 heavy (non-hydrogen) atoms. The van der Waals surface area contributed by atoms with Gasteiger partial charge in [-0.2, -0.15) is 0 Å². The van der Waals surface area contributed by atoms with E-state index in [2.05, 4.69) is 16.7 Å². The zero-order valence-corrected chi connectivity index (χ0v) is 11.8. The van der Waals surface area contributed by atoms with Crippen molar-refractivity contribution in [3.05, 3.63) is 0 Å². The fourth-order valence-electron chi connectivity index (χ4n) is 2.30. The molecule has 1 unspecified atom stereocenters. The largest absolute Gasteiger partial charge is 0.392 e. The fourth-order valence-corrected chi connectivity index (χ4v) is 2.56. The summed E-state index contributed by atoms with van der Waals surface area (Å²) in [7, 11) is 1.75. The molecule has 0 bridgehead atoms. The molecule has 0 saturated carbocycles. The summed E-state index contributed by atoms with van der Waals surface area (Å²) in [5, 5.41) is 0. The lowest BCUT2D eigenvalue weighted by atomic mass is 10.1. The van der Waals surface area contributed by atoms with E-state index in [-0.39, 0.29) is 0 Å². The molecular weight excluding hydrogens is 234 g/mol. The van der Waals surface area contributed by atoms with E-state index >= 15 is 0 Å². The Bertz CT molecular complexity index is 230. The first-order valence-electron chi connectivity index (χ1n) is 6.43. The minimum atomic E-state index is 0.291. The second kappa shape index (κ2) is 7.97. The molecule has 0 aromatic rings. The van der Waals surface area contributed by atoms with Gasteiger partial charge in [0.15, 0.2) is 0 Å². The normalized spacial score (nSPS) is 20.4. The SMILES string of the molecule is CCCC(C(N)=S)N1CCN(CCOC)CC1. The zero-order valence-electron chi connectivity index (χ0n) is 11.0. The quantitative estimate of drug-likeness (QED) is 0.682. The molecule has 1 heterocycles. The first-order chi connectivity index (χ1) is 8.19. The fraction of sp³-hybridized carbons (Fsp3) is 0.917. The number of ether oxygens (including phenoxy) is 1. The van der Waals surface area contributed by atoms with Crippen LogP contribution in [0.5, 0.6) is 0 Å². The Morgan fingerprint density at radius 2 is 2.00 bits per heavy atom. The maximum atomic E-state index is 5.82. The highest BCUT2D eigenvalue weighted by Crippen LogP contribution is 2.11. The van der Waals surface area contributed by atoms with E-state index in [0.717, 1.165) is 52.2 Å². The number of piperazine rings is 1. The molecule has 1 rings (SSSR count). The van der Waals surface area contributed by atoms with Crippen molar-refractivity contribution in [2.24, 2.45) is 5.73 Å². The Balaban J connectivity index is 2.36. The zero-order chi connectivity index (χ0) is 12.7.